The Hall–Kier alpha value is -2.89. The first-order chi connectivity index (χ1) is 12.1. The van der Waals surface area contributed by atoms with Crippen LogP contribution in [0, 0.1) is 0 Å². The summed E-state index contributed by atoms with van der Waals surface area (Å²) in [6.45, 7) is 5.41. The normalized spacial score (nSPS) is 13.8. The summed E-state index contributed by atoms with van der Waals surface area (Å²) in [6.07, 6.45) is 3.34. The van der Waals surface area contributed by atoms with E-state index < -0.39 is 12.1 Å². The van der Waals surface area contributed by atoms with Crippen LogP contribution in [0.3, 0.4) is 0 Å². The van der Waals surface area contributed by atoms with Crippen LogP contribution in [0.5, 0.6) is 0 Å². The Labute approximate surface area is 146 Å². The van der Waals surface area contributed by atoms with Crippen LogP contribution in [0.15, 0.2) is 43.0 Å². The van der Waals surface area contributed by atoms with Gasteiger partial charge in [-0.2, -0.15) is 5.10 Å². The second kappa shape index (κ2) is 7.34. The molecule has 0 spiro atoms. The SMILES string of the molecule is C=CCNC(=O)[C@H](C)OC(=O)c1nn(-c2ccccc2)c2c1CCC2. The average molecular weight is 339 g/mol. The van der Waals surface area contributed by atoms with E-state index in [0.717, 1.165) is 36.2 Å². The van der Waals surface area contributed by atoms with E-state index in [4.69, 9.17) is 4.74 Å². The molecule has 1 aliphatic carbocycles. The molecule has 1 heterocycles. The number of fused-ring (bicyclic) bond motifs is 1. The maximum Gasteiger partial charge on any atom is 0.359 e. The molecule has 1 atom stereocenters. The molecule has 25 heavy (non-hydrogen) atoms. The maximum absolute atomic E-state index is 12.5. The minimum atomic E-state index is -0.883. The first-order valence-electron chi connectivity index (χ1n) is 8.37. The highest BCUT2D eigenvalue weighted by Crippen LogP contribution is 2.28. The lowest BCUT2D eigenvalue weighted by Gasteiger charge is -2.12. The molecule has 0 radical (unpaired) electrons. The second-order valence-corrected chi connectivity index (χ2v) is 5.96. The van der Waals surface area contributed by atoms with Gasteiger partial charge in [0.2, 0.25) is 0 Å². The summed E-state index contributed by atoms with van der Waals surface area (Å²) >= 11 is 0. The van der Waals surface area contributed by atoms with Crippen molar-refractivity contribution in [1.82, 2.24) is 15.1 Å². The molecule has 1 aromatic carbocycles. The molecule has 1 N–H and O–H groups in total. The van der Waals surface area contributed by atoms with Gasteiger partial charge in [-0.25, -0.2) is 9.48 Å². The van der Waals surface area contributed by atoms with Crippen molar-refractivity contribution in [2.24, 2.45) is 0 Å². The van der Waals surface area contributed by atoms with Crippen LogP contribution in [0.2, 0.25) is 0 Å². The molecule has 0 unspecified atom stereocenters. The van der Waals surface area contributed by atoms with Crippen LogP contribution >= 0.6 is 0 Å². The quantitative estimate of drug-likeness (QED) is 0.647. The lowest BCUT2D eigenvalue weighted by atomic mass is 10.2. The molecule has 0 saturated carbocycles. The fourth-order valence-electron chi connectivity index (χ4n) is 2.97. The number of aromatic nitrogens is 2. The highest BCUT2D eigenvalue weighted by molar-refractivity contribution is 5.92. The largest absolute Gasteiger partial charge is 0.448 e. The number of esters is 1. The van der Waals surface area contributed by atoms with Gasteiger partial charge < -0.3 is 10.1 Å². The Balaban J connectivity index is 1.82. The Bertz CT molecular complexity index is 796. The standard InChI is InChI=1S/C19H21N3O3/c1-3-12-20-18(23)13(2)25-19(24)17-15-10-7-11-16(15)22(21-17)14-8-5-4-6-9-14/h3-6,8-9,13H,1,7,10-12H2,2H3,(H,20,23)/t13-/m0/s1. The lowest BCUT2D eigenvalue weighted by Crippen LogP contribution is -2.36. The third-order valence-corrected chi connectivity index (χ3v) is 4.20. The highest BCUT2D eigenvalue weighted by Gasteiger charge is 2.29. The highest BCUT2D eigenvalue weighted by atomic mass is 16.5. The van der Waals surface area contributed by atoms with Gasteiger partial charge in [-0.05, 0) is 38.3 Å². The predicted octanol–water partition coefficient (Wildman–Crippen LogP) is 2.21. The zero-order valence-electron chi connectivity index (χ0n) is 14.2. The number of benzene rings is 1. The molecule has 0 bridgehead atoms. The molecular weight excluding hydrogens is 318 g/mol. The van der Waals surface area contributed by atoms with Crippen molar-refractivity contribution in [2.45, 2.75) is 32.3 Å². The third-order valence-electron chi connectivity index (χ3n) is 4.20. The minimum absolute atomic E-state index is 0.305. The van der Waals surface area contributed by atoms with Gasteiger partial charge in [-0.15, -0.1) is 6.58 Å². The Morgan fingerprint density at radius 1 is 1.36 bits per heavy atom. The molecule has 0 aliphatic heterocycles. The van der Waals surface area contributed by atoms with Gasteiger partial charge in [0.25, 0.3) is 5.91 Å². The number of nitrogens with zero attached hydrogens (tertiary/aromatic N) is 2. The summed E-state index contributed by atoms with van der Waals surface area (Å²) < 4.78 is 7.12. The molecular formula is C19H21N3O3. The molecule has 0 saturated heterocycles. The van der Waals surface area contributed by atoms with E-state index in [1.165, 1.54) is 0 Å². The van der Waals surface area contributed by atoms with Crippen molar-refractivity contribution < 1.29 is 14.3 Å². The first-order valence-corrected chi connectivity index (χ1v) is 8.37. The van der Waals surface area contributed by atoms with Gasteiger partial charge in [0.15, 0.2) is 11.8 Å². The first kappa shape index (κ1) is 17.0. The van der Waals surface area contributed by atoms with E-state index in [2.05, 4.69) is 17.0 Å². The maximum atomic E-state index is 12.5. The van der Waals surface area contributed by atoms with Crippen LogP contribution in [0.25, 0.3) is 5.69 Å². The minimum Gasteiger partial charge on any atom is -0.448 e. The Kier molecular flexibility index (Phi) is 4.97. The summed E-state index contributed by atoms with van der Waals surface area (Å²) in [4.78, 5) is 24.4. The molecule has 6 heteroatoms. The number of para-hydroxylation sites is 1. The number of ether oxygens (including phenoxy) is 1. The Morgan fingerprint density at radius 3 is 2.84 bits per heavy atom. The van der Waals surface area contributed by atoms with E-state index in [0.29, 0.717) is 12.2 Å². The van der Waals surface area contributed by atoms with Crippen LogP contribution in [0.4, 0.5) is 0 Å². The molecule has 6 nitrogen and oxygen atoms in total. The third kappa shape index (κ3) is 3.47. The molecule has 2 aromatic rings. The summed E-state index contributed by atoms with van der Waals surface area (Å²) in [5, 5.41) is 7.08. The van der Waals surface area contributed by atoms with Crippen LogP contribution in [-0.4, -0.2) is 34.3 Å². The van der Waals surface area contributed by atoms with Crippen molar-refractivity contribution in [3.8, 4) is 5.69 Å². The number of nitrogens with one attached hydrogen (secondary N) is 1. The van der Waals surface area contributed by atoms with Crippen LogP contribution in [0.1, 0.15) is 35.1 Å². The fraction of sp³-hybridized carbons (Fsp3) is 0.316. The summed E-state index contributed by atoms with van der Waals surface area (Å²) in [5.41, 5.74) is 3.19. The smallest absolute Gasteiger partial charge is 0.359 e. The van der Waals surface area contributed by atoms with Gasteiger partial charge in [0.05, 0.1) is 5.69 Å². The number of hydrogen-bond acceptors (Lipinski definition) is 4. The Morgan fingerprint density at radius 2 is 2.12 bits per heavy atom. The zero-order chi connectivity index (χ0) is 17.8. The van der Waals surface area contributed by atoms with Crippen LogP contribution < -0.4 is 5.32 Å². The molecule has 1 aromatic heterocycles. The topological polar surface area (TPSA) is 73.2 Å². The predicted molar refractivity (Wildman–Crippen MR) is 93.7 cm³/mol. The number of carbonyl (C=O) groups is 2. The number of hydrogen-bond donors (Lipinski definition) is 1. The second-order valence-electron chi connectivity index (χ2n) is 5.96. The van der Waals surface area contributed by atoms with Gasteiger partial charge in [-0.1, -0.05) is 24.3 Å². The summed E-state index contributed by atoms with van der Waals surface area (Å²) in [5.74, 6) is -0.915. The monoisotopic (exact) mass is 339 g/mol. The van der Waals surface area contributed by atoms with E-state index >= 15 is 0 Å². The van der Waals surface area contributed by atoms with Crippen molar-refractivity contribution in [1.29, 1.82) is 0 Å². The number of carbonyl (C=O) groups excluding carboxylic acids is 2. The molecule has 1 aliphatic rings. The van der Waals surface area contributed by atoms with Crippen molar-refractivity contribution in [2.75, 3.05) is 6.54 Å². The number of rotatable bonds is 6. The lowest BCUT2D eigenvalue weighted by molar-refractivity contribution is -0.128. The van der Waals surface area contributed by atoms with Gasteiger partial charge in [-0.3, -0.25) is 4.79 Å². The summed E-state index contributed by atoms with van der Waals surface area (Å²) in [7, 11) is 0. The molecule has 3 rings (SSSR count). The van der Waals surface area contributed by atoms with E-state index in [-0.39, 0.29) is 5.91 Å². The van der Waals surface area contributed by atoms with Gasteiger partial charge in [0.1, 0.15) is 0 Å². The fourth-order valence-corrected chi connectivity index (χ4v) is 2.97. The van der Waals surface area contributed by atoms with Crippen LogP contribution in [-0.2, 0) is 22.4 Å². The number of amides is 1. The molecule has 0 fully saturated rings. The van der Waals surface area contributed by atoms with Gasteiger partial charge >= 0.3 is 5.97 Å². The average Bonchev–Trinajstić information content (AvgIpc) is 3.22. The van der Waals surface area contributed by atoms with Crippen molar-refractivity contribution in [3.05, 3.63) is 59.9 Å². The van der Waals surface area contributed by atoms with Crippen molar-refractivity contribution in [3.63, 3.8) is 0 Å². The van der Waals surface area contributed by atoms with E-state index in [9.17, 15) is 9.59 Å². The van der Waals surface area contributed by atoms with Crippen molar-refractivity contribution >= 4 is 11.9 Å². The van der Waals surface area contributed by atoms with E-state index in [1.54, 1.807) is 17.7 Å². The molecule has 130 valence electrons. The zero-order valence-corrected chi connectivity index (χ0v) is 14.2. The summed E-state index contributed by atoms with van der Waals surface area (Å²) in [6, 6.07) is 9.70. The van der Waals surface area contributed by atoms with Gasteiger partial charge in [0, 0.05) is 17.8 Å². The molecule has 1 amide bonds. The van der Waals surface area contributed by atoms with E-state index in [1.807, 2.05) is 30.3 Å².